The van der Waals surface area contributed by atoms with Gasteiger partial charge in [-0.25, -0.2) is 0 Å². The number of hydrogen-bond donors (Lipinski definition) is 1. The molecule has 2 aromatic carbocycles. The number of carbonyl (C=O) groups excluding carboxylic acids is 2. The molecule has 1 aliphatic heterocycles. The molecule has 0 saturated carbocycles. The van der Waals surface area contributed by atoms with Crippen molar-refractivity contribution in [2.45, 2.75) is 19.8 Å². The van der Waals surface area contributed by atoms with Crippen LogP contribution in [0.1, 0.15) is 30.1 Å². The van der Waals surface area contributed by atoms with Gasteiger partial charge < -0.3 is 15.0 Å². The van der Waals surface area contributed by atoms with E-state index in [4.69, 9.17) is 4.74 Å². The van der Waals surface area contributed by atoms with Crippen LogP contribution in [-0.4, -0.2) is 36.4 Å². The van der Waals surface area contributed by atoms with E-state index < -0.39 is 0 Å². The van der Waals surface area contributed by atoms with E-state index in [9.17, 15) is 9.59 Å². The zero-order valence-corrected chi connectivity index (χ0v) is 18.8. The zero-order chi connectivity index (χ0) is 20.1. The quantitative estimate of drug-likeness (QED) is 0.609. The van der Waals surface area contributed by atoms with Crippen LogP contribution >= 0.6 is 31.9 Å². The topological polar surface area (TPSA) is 58.6 Å². The first-order valence-corrected chi connectivity index (χ1v) is 10.8. The summed E-state index contributed by atoms with van der Waals surface area (Å²) in [6.45, 7) is 3.57. The Bertz CT molecular complexity index is 864. The van der Waals surface area contributed by atoms with Gasteiger partial charge in [0.15, 0.2) is 6.61 Å². The zero-order valence-electron chi connectivity index (χ0n) is 15.6. The lowest BCUT2D eigenvalue weighted by Gasteiger charge is -2.30. The van der Waals surface area contributed by atoms with Gasteiger partial charge in [0.1, 0.15) is 5.75 Å². The standard InChI is InChI=1S/C21H22Br2N2O3/c1-14-8-10-25(11-9-14)21(27)16-4-2-3-5-18(16)24-20(26)13-28-19-7-6-15(22)12-17(19)23/h2-7,12,14H,8-11,13H2,1H3,(H,24,26). The molecular formula is C21H22Br2N2O3. The molecule has 0 aliphatic carbocycles. The molecule has 0 atom stereocenters. The van der Waals surface area contributed by atoms with Crippen LogP contribution in [0.25, 0.3) is 0 Å². The number of rotatable bonds is 5. The molecule has 1 heterocycles. The maximum atomic E-state index is 12.9. The number of nitrogens with zero attached hydrogens (tertiary/aromatic N) is 1. The predicted octanol–water partition coefficient (Wildman–Crippen LogP) is 5.10. The minimum atomic E-state index is -0.317. The Kier molecular flexibility index (Phi) is 7.13. The molecular weight excluding hydrogens is 488 g/mol. The highest BCUT2D eigenvalue weighted by atomic mass is 79.9. The SMILES string of the molecule is CC1CCN(C(=O)c2ccccc2NC(=O)COc2ccc(Br)cc2Br)CC1. The van der Waals surface area contributed by atoms with Crippen molar-refractivity contribution in [3.8, 4) is 5.75 Å². The van der Waals surface area contributed by atoms with Gasteiger partial charge in [0.05, 0.1) is 15.7 Å². The van der Waals surface area contributed by atoms with E-state index >= 15 is 0 Å². The number of hydrogen-bond acceptors (Lipinski definition) is 3. The summed E-state index contributed by atoms with van der Waals surface area (Å²) in [7, 11) is 0. The van der Waals surface area contributed by atoms with Crippen molar-refractivity contribution in [2.24, 2.45) is 5.92 Å². The number of anilines is 1. The summed E-state index contributed by atoms with van der Waals surface area (Å²) in [6, 6.07) is 12.6. The minimum Gasteiger partial charge on any atom is -0.483 e. The van der Waals surface area contributed by atoms with Gasteiger partial charge in [-0.1, -0.05) is 35.0 Å². The number of para-hydroxylation sites is 1. The van der Waals surface area contributed by atoms with E-state index in [1.54, 1.807) is 24.3 Å². The van der Waals surface area contributed by atoms with Crippen molar-refractivity contribution < 1.29 is 14.3 Å². The normalized spacial score (nSPS) is 14.6. The highest BCUT2D eigenvalue weighted by Gasteiger charge is 2.23. The summed E-state index contributed by atoms with van der Waals surface area (Å²) in [5.74, 6) is 0.862. The Morgan fingerprint density at radius 2 is 1.86 bits per heavy atom. The van der Waals surface area contributed by atoms with E-state index in [1.807, 2.05) is 23.1 Å². The van der Waals surface area contributed by atoms with Gasteiger partial charge >= 0.3 is 0 Å². The third kappa shape index (κ3) is 5.35. The molecule has 1 N–H and O–H groups in total. The molecule has 0 spiro atoms. The molecule has 5 nitrogen and oxygen atoms in total. The molecule has 148 valence electrons. The number of benzene rings is 2. The summed E-state index contributed by atoms with van der Waals surface area (Å²) in [4.78, 5) is 27.1. The van der Waals surface area contributed by atoms with E-state index in [2.05, 4.69) is 44.1 Å². The van der Waals surface area contributed by atoms with Gasteiger partial charge in [0, 0.05) is 17.6 Å². The predicted molar refractivity (Wildman–Crippen MR) is 117 cm³/mol. The Hall–Kier alpha value is -1.86. The van der Waals surface area contributed by atoms with E-state index in [1.165, 1.54) is 0 Å². The fraction of sp³-hybridized carbons (Fsp3) is 0.333. The van der Waals surface area contributed by atoms with Crippen LogP contribution in [0.2, 0.25) is 0 Å². The van der Waals surface area contributed by atoms with Gasteiger partial charge in [-0.05, 0) is 65.0 Å². The maximum absolute atomic E-state index is 12.9. The third-order valence-corrected chi connectivity index (χ3v) is 5.87. The first kappa shape index (κ1) is 20.9. The Morgan fingerprint density at radius 1 is 1.14 bits per heavy atom. The molecule has 2 aromatic rings. The highest BCUT2D eigenvalue weighted by Crippen LogP contribution is 2.28. The van der Waals surface area contributed by atoms with Gasteiger partial charge in [-0.3, -0.25) is 9.59 Å². The number of nitrogens with one attached hydrogen (secondary N) is 1. The van der Waals surface area contributed by atoms with Crippen LogP contribution in [0.5, 0.6) is 5.75 Å². The maximum Gasteiger partial charge on any atom is 0.262 e. The van der Waals surface area contributed by atoms with Crippen molar-refractivity contribution >= 4 is 49.4 Å². The lowest BCUT2D eigenvalue weighted by atomic mass is 9.98. The first-order valence-electron chi connectivity index (χ1n) is 9.20. The molecule has 2 amide bonds. The van der Waals surface area contributed by atoms with Crippen molar-refractivity contribution in [1.29, 1.82) is 0 Å². The smallest absolute Gasteiger partial charge is 0.262 e. The number of carbonyl (C=O) groups is 2. The van der Waals surface area contributed by atoms with Crippen molar-refractivity contribution in [3.05, 3.63) is 57.0 Å². The molecule has 1 saturated heterocycles. The van der Waals surface area contributed by atoms with E-state index in [0.717, 1.165) is 34.9 Å². The monoisotopic (exact) mass is 508 g/mol. The van der Waals surface area contributed by atoms with Crippen molar-refractivity contribution in [2.75, 3.05) is 25.0 Å². The highest BCUT2D eigenvalue weighted by molar-refractivity contribution is 9.11. The van der Waals surface area contributed by atoms with Crippen LogP contribution < -0.4 is 10.1 Å². The molecule has 0 radical (unpaired) electrons. The van der Waals surface area contributed by atoms with Crippen LogP contribution in [0.15, 0.2) is 51.4 Å². The van der Waals surface area contributed by atoms with Crippen LogP contribution in [0, 0.1) is 5.92 Å². The fourth-order valence-corrected chi connectivity index (χ4v) is 4.24. The molecule has 0 unspecified atom stereocenters. The van der Waals surface area contributed by atoms with E-state index in [0.29, 0.717) is 22.9 Å². The molecule has 1 aliphatic rings. The second-order valence-corrected chi connectivity index (χ2v) is 8.70. The lowest BCUT2D eigenvalue weighted by Crippen LogP contribution is -2.38. The molecule has 0 aromatic heterocycles. The fourth-order valence-electron chi connectivity index (χ4n) is 3.08. The first-order chi connectivity index (χ1) is 13.4. The lowest BCUT2D eigenvalue weighted by molar-refractivity contribution is -0.118. The van der Waals surface area contributed by atoms with Crippen molar-refractivity contribution in [3.63, 3.8) is 0 Å². The Labute approximate surface area is 181 Å². The third-order valence-electron chi connectivity index (χ3n) is 4.76. The number of piperidine rings is 1. The average molecular weight is 510 g/mol. The molecule has 28 heavy (non-hydrogen) atoms. The largest absolute Gasteiger partial charge is 0.483 e. The van der Waals surface area contributed by atoms with Gasteiger partial charge in [0.25, 0.3) is 11.8 Å². The second kappa shape index (κ2) is 9.56. The van der Waals surface area contributed by atoms with Gasteiger partial charge in [-0.15, -0.1) is 0 Å². The summed E-state index contributed by atoms with van der Waals surface area (Å²) in [6.07, 6.45) is 2.02. The van der Waals surface area contributed by atoms with Crippen LogP contribution in [0.3, 0.4) is 0 Å². The van der Waals surface area contributed by atoms with E-state index in [-0.39, 0.29) is 18.4 Å². The summed E-state index contributed by atoms with van der Waals surface area (Å²) in [5, 5.41) is 2.80. The molecule has 0 bridgehead atoms. The Morgan fingerprint density at radius 3 is 2.57 bits per heavy atom. The second-order valence-electron chi connectivity index (χ2n) is 6.93. The molecule has 3 rings (SSSR count). The molecule has 1 fully saturated rings. The van der Waals surface area contributed by atoms with Gasteiger partial charge in [0.2, 0.25) is 0 Å². The summed E-state index contributed by atoms with van der Waals surface area (Å²) < 4.78 is 7.25. The molecule has 7 heteroatoms. The summed E-state index contributed by atoms with van der Waals surface area (Å²) in [5.41, 5.74) is 1.02. The Balaban J connectivity index is 1.64. The number of ether oxygens (including phenoxy) is 1. The summed E-state index contributed by atoms with van der Waals surface area (Å²) >= 11 is 6.78. The van der Waals surface area contributed by atoms with Crippen LogP contribution in [-0.2, 0) is 4.79 Å². The number of amides is 2. The average Bonchev–Trinajstić information content (AvgIpc) is 2.68. The number of likely N-dealkylation sites (tertiary alicyclic amines) is 1. The number of halogens is 2. The van der Waals surface area contributed by atoms with Crippen LogP contribution in [0.4, 0.5) is 5.69 Å². The van der Waals surface area contributed by atoms with Gasteiger partial charge in [-0.2, -0.15) is 0 Å². The van der Waals surface area contributed by atoms with Crippen molar-refractivity contribution in [1.82, 2.24) is 4.90 Å². The minimum absolute atomic E-state index is 0.0422.